The molecule has 22 heavy (non-hydrogen) atoms. The fourth-order valence-corrected chi connectivity index (χ4v) is 3.64. The summed E-state index contributed by atoms with van der Waals surface area (Å²) in [6.07, 6.45) is 6.15. The molecule has 0 aliphatic carbocycles. The third kappa shape index (κ3) is 3.73. The lowest BCUT2D eigenvalue weighted by Crippen LogP contribution is -2.38. The zero-order valence-electron chi connectivity index (χ0n) is 13.8. The summed E-state index contributed by atoms with van der Waals surface area (Å²) in [4.78, 5) is 2.34. The average Bonchev–Trinajstić information content (AvgIpc) is 3.01. The Morgan fingerprint density at radius 1 is 1.27 bits per heavy atom. The van der Waals surface area contributed by atoms with Crippen molar-refractivity contribution in [2.45, 2.75) is 44.2 Å². The number of methoxy groups -OCH3 is 1. The van der Waals surface area contributed by atoms with Crippen molar-refractivity contribution in [1.29, 1.82) is 0 Å². The van der Waals surface area contributed by atoms with E-state index >= 15 is 0 Å². The molecule has 122 valence electrons. The number of hydrogen-bond acceptors (Lipinski definition) is 4. The van der Waals surface area contributed by atoms with Gasteiger partial charge in [0.2, 0.25) is 0 Å². The van der Waals surface area contributed by atoms with Crippen LogP contribution in [-0.4, -0.2) is 50.8 Å². The number of likely N-dealkylation sites (N-methyl/N-ethyl adjacent to an activating group) is 1. The summed E-state index contributed by atoms with van der Waals surface area (Å²) < 4.78 is 12.0. The third-order valence-electron chi connectivity index (χ3n) is 4.77. The lowest BCUT2D eigenvalue weighted by molar-refractivity contribution is 0.101. The highest BCUT2D eigenvalue weighted by atomic mass is 16.5. The van der Waals surface area contributed by atoms with Crippen LogP contribution in [0.15, 0.2) is 18.2 Å². The number of piperidine rings is 1. The van der Waals surface area contributed by atoms with Crippen molar-refractivity contribution in [1.82, 2.24) is 10.2 Å². The van der Waals surface area contributed by atoms with Crippen LogP contribution in [0.25, 0.3) is 0 Å². The molecule has 1 N–H and O–H groups in total. The molecule has 4 heteroatoms. The van der Waals surface area contributed by atoms with E-state index in [4.69, 9.17) is 9.47 Å². The van der Waals surface area contributed by atoms with Gasteiger partial charge in [-0.3, -0.25) is 0 Å². The Kier molecular flexibility index (Phi) is 5.21. The Hall–Kier alpha value is -1.26. The largest absolute Gasteiger partial charge is 0.493 e. The second-order valence-electron chi connectivity index (χ2n) is 6.59. The van der Waals surface area contributed by atoms with Crippen LogP contribution in [0.2, 0.25) is 0 Å². The fourth-order valence-electron chi connectivity index (χ4n) is 3.64. The third-order valence-corrected chi connectivity index (χ3v) is 4.77. The molecule has 3 rings (SSSR count). The summed E-state index contributed by atoms with van der Waals surface area (Å²) in [5.41, 5.74) is 1.25. The number of rotatable bonds is 5. The molecule has 2 unspecified atom stereocenters. The predicted octanol–water partition coefficient (Wildman–Crippen LogP) is 2.46. The Bertz CT molecular complexity index is 486. The highest BCUT2D eigenvalue weighted by Crippen LogP contribution is 2.34. The van der Waals surface area contributed by atoms with E-state index in [1.54, 1.807) is 7.11 Å². The van der Waals surface area contributed by atoms with Gasteiger partial charge in [-0.15, -0.1) is 0 Å². The molecule has 2 atom stereocenters. The maximum absolute atomic E-state index is 6.27. The summed E-state index contributed by atoms with van der Waals surface area (Å²) in [6, 6.07) is 6.87. The molecular formula is C18H28N2O2. The van der Waals surface area contributed by atoms with Crippen LogP contribution in [0.1, 0.15) is 31.2 Å². The first-order valence-corrected chi connectivity index (χ1v) is 8.50. The smallest absolute Gasteiger partial charge is 0.163 e. The van der Waals surface area contributed by atoms with Crippen LogP contribution in [0.3, 0.4) is 0 Å². The zero-order valence-corrected chi connectivity index (χ0v) is 13.8. The van der Waals surface area contributed by atoms with Crippen molar-refractivity contribution < 1.29 is 9.47 Å². The van der Waals surface area contributed by atoms with Crippen molar-refractivity contribution >= 4 is 0 Å². The second kappa shape index (κ2) is 7.34. The molecule has 0 radical (unpaired) electrons. The fraction of sp³-hybridized carbons (Fsp3) is 0.667. The van der Waals surface area contributed by atoms with Gasteiger partial charge in [0.25, 0.3) is 0 Å². The molecule has 0 amide bonds. The Morgan fingerprint density at radius 3 is 2.91 bits per heavy atom. The number of likely N-dealkylation sites (tertiary alicyclic amines) is 1. The highest BCUT2D eigenvalue weighted by molar-refractivity contribution is 5.47. The van der Waals surface area contributed by atoms with Crippen LogP contribution >= 0.6 is 0 Å². The summed E-state index contributed by atoms with van der Waals surface area (Å²) in [7, 11) is 3.91. The first-order valence-electron chi connectivity index (χ1n) is 8.50. The molecule has 1 aromatic rings. The van der Waals surface area contributed by atoms with Gasteiger partial charge in [-0.1, -0.05) is 12.1 Å². The van der Waals surface area contributed by atoms with Crippen molar-refractivity contribution in [2.75, 3.05) is 33.8 Å². The molecule has 2 aliphatic heterocycles. The molecule has 2 aliphatic rings. The SMILES string of the molecule is COc1c(CC2CCCN2)cccc1OC1CCCN(C)C1. The number of para-hydroxylation sites is 1. The quantitative estimate of drug-likeness (QED) is 0.906. The second-order valence-corrected chi connectivity index (χ2v) is 6.59. The molecule has 1 aromatic carbocycles. The molecule has 2 heterocycles. The summed E-state index contributed by atoms with van der Waals surface area (Å²) in [5, 5.41) is 3.56. The van der Waals surface area contributed by atoms with Crippen LogP contribution in [0.5, 0.6) is 11.5 Å². The Labute approximate surface area is 133 Å². The number of benzene rings is 1. The molecule has 2 saturated heterocycles. The summed E-state index contributed by atoms with van der Waals surface area (Å²) in [6.45, 7) is 3.31. The van der Waals surface area contributed by atoms with E-state index < -0.39 is 0 Å². The van der Waals surface area contributed by atoms with Crippen molar-refractivity contribution in [3.05, 3.63) is 23.8 Å². The molecule has 0 spiro atoms. The minimum absolute atomic E-state index is 0.271. The van der Waals surface area contributed by atoms with E-state index in [0.29, 0.717) is 6.04 Å². The number of nitrogens with zero attached hydrogens (tertiary/aromatic N) is 1. The van der Waals surface area contributed by atoms with E-state index in [1.807, 2.05) is 6.07 Å². The van der Waals surface area contributed by atoms with Gasteiger partial charge in [0.15, 0.2) is 11.5 Å². The highest BCUT2D eigenvalue weighted by Gasteiger charge is 2.22. The summed E-state index contributed by atoms with van der Waals surface area (Å²) in [5.74, 6) is 1.82. The Morgan fingerprint density at radius 2 is 2.18 bits per heavy atom. The van der Waals surface area contributed by atoms with E-state index in [9.17, 15) is 0 Å². The van der Waals surface area contributed by atoms with Crippen LogP contribution in [-0.2, 0) is 6.42 Å². The van der Waals surface area contributed by atoms with Crippen LogP contribution < -0.4 is 14.8 Å². The van der Waals surface area contributed by atoms with E-state index in [1.165, 1.54) is 31.4 Å². The maximum Gasteiger partial charge on any atom is 0.163 e. The number of hydrogen-bond donors (Lipinski definition) is 1. The molecule has 0 bridgehead atoms. The first kappa shape index (κ1) is 15.6. The number of nitrogens with one attached hydrogen (secondary N) is 1. The maximum atomic E-state index is 6.27. The molecule has 0 saturated carbocycles. The Balaban J connectivity index is 1.72. The monoisotopic (exact) mass is 304 g/mol. The topological polar surface area (TPSA) is 33.7 Å². The van der Waals surface area contributed by atoms with E-state index in [0.717, 1.165) is 37.4 Å². The zero-order chi connectivity index (χ0) is 15.4. The van der Waals surface area contributed by atoms with Gasteiger partial charge in [0.05, 0.1) is 7.11 Å². The minimum Gasteiger partial charge on any atom is -0.493 e. The van der Waals surface area contributed by atoms with Crippen molar-refractivity contribution in [3.8, 4) is 11.5 Å². The standard InChI is InChI=1S/C18H28N2O2/c1-20-11-5-8-16(13-20)22-17-9-3-6-14(18(17)21-2)12-15-7-4-10-19-15/h3,6,9,15-16,19H,4-5,7-8,10-13H2,1-2H3. The van der Waals surface area contributed by atoms with Gasteiger partial charge in [-0.2, -0.15) is 0 Å². The number of ether oxygens (including phenoxy) is 2. The van der Waals surface area contributed by atoms with Gasteiger partial charge in [-0.25, -0.2) is 0 Å². The van der Waals surface area contributed by atoms with Gasteiger partial charge in [0.1, 0.15) is 6.10 Å². The van der Waals surface area contributed by atoms with Crippen LogP contribution in [0.4, 0.5) is 0 Å². The average molecular weight is 304 g/mol. The predicted molar refractivity (Wildman–Crippen MR) is 88.9 cm³/mol. The minimum atomic E-state index is 0.271. The molecule has 0 aromatic heterocycles. The van der Waals surface area contributed by atoms with Crippen molar-refractivity contribution in [3.63, 3.8) is 0 Å². The van der Waals surface area contributed by atoms with Crippen molar-refractivity contribution in [2.24, 2.45) is 0 Å². The lowest BCUT2D eigenvalue weighted by atomic mass is 10.0. The molecular weight excluding hydrogens is 276 g/mol. The van der Waals surface area contributed by atoms with E-state index in [2.05, 4.69) is 29.4 Å². The lowest BCUT2D eigenvalue weighted by Gasteiger charge is -2.30. The van der Waals surface area contributed by atoms with Gasteiger partial charge in [0, 0.05) is 12.6 Å². The van der Waals surface area contributed by atoms with Gasteiger partial charge < -0.3 is 19.7 Å². The van der Waals surface area contributed by atoms with Gasteiger partial charge >= 0.3 is 0 Å². The normalized spacial score (nSPS) is 26.1. The molecule has 4 nitrogen and oxygen atoms in total. The first-order chi connectivity index (χ1) is 10.8. The van der Waals surface area contributed by atoms with Crippen LogP contribution in [0, 0.1) is 0 Å². The summed E-state index contributed by atoms with van der Waals surface area (Å²) >= 11 is 0. The van der Waals surface area contributed by atoms with Gasteiger partial charge in [-0.05, 0) is 63.9 Å². The van der Waals surface area contributed by atoms with E-state index in [-0.39, 0.29) is 6.10 Å². The molecule has 2 fully saturated rings.